The van der Waals surface area contributed by atoms with Gasteiger partial charge in [-0.3, -0.25) is 10.1 Å². The molecule has 1 N–H and O–H groups in total. The minimum atomic E-state index is -1.21. The van der Waals surface area contributed by atoms with Gasteiger partial charge in [0.1, 0.15) is 0 Å². The van der Waals surface area contributed by atoms with Crippen LogP contribution in [0.4, 0.5) is 5.69 Å². The van der Waals surface area contributed by atoms with E-state index in [1.54, 1.807) is 6.92 Å². The number of aromatic nitrogens is 4. The van der Waals surface area contributed by atoms with E-state index in [4.69, 9.17) is 5.11 Å². The zero-order valence-electron chi connectivity index (χ0n) is 9.14. The second kappa shape index (κ2) is 4.20. The first-order valence-corrected chi connectivity index (χ1v) is 4.78. The number of non-ortho nitro benzene ring substituents is 1. The summed E-state index contributed by atoms with van der Waals surface area (Å²) in [4.78, 5) is 21.1. The number of aryl methyl sites for hydroxylation is 1. The highest BCUT2D eigenvalue weighted by Crippen LogP contribution is 2.21. The number of nitro benzene ring substituents is 1. The van der Waals surface area contributed by atoms with Gasteiger partial charge in [-0.05, 0) is 23.4 Å². The van der Waals surface area contributed by atoms with Crippen LogP contribution in [0.3, 0.4) is 0 Å². The van der Waals surface area contributed by atoms with Crippen LogP contribution in [-0.2, 0) is 0 Å². The molecule has 18 heavy (non-hydrogen) atoms. The molecule has 9 heteroatoms. The van der Waals surface area contributed by atoms with Crippen molar-refractivity contribution in [3.05, 3.63) is 39.7 Å². The minimum absolute atomic E-state index is 0.0548. The number of hydrogen-bond acceptors (Lipinski definition) is 6. The van der Waals surface area contributed by atoms with Crippen LogP contribution in [0.15, 0.2) is 18.2 Å². The third kappa shape index (κ3) is 1.88. The van der Waals surface area contributed by atoms with Gasteiger partial charge in [0.15, 0.2) is 5.82 Å². The lowest BCUT2D eigenvalue weighted by Gasteiger charge is -2.05. The van der Waals surface area contributed by atoms with Gasteiger partial charge in [-0.1, -0.05) is 0 Å². The maximum Gasteiger partial charge on any atom is 0.337 e. The quantitative estimate of drug-likeness (QED) is 0.622. The second-order valence-corrected chi connectivity index (χ2v) is 3.40. The summed E-state index contributed by atoms with van der Waals surface area (Å²) in [6.07, 6.45) is 0. The van der Waals surface area contributed by atoms with E-state index in [0.717, 1.165) is 22.9 Å². The molecular weight excluding hydrogens is 242 g/mol. The number of carbonyl (C=O) groups is 1. The van der Waals surface area contributed by atoms with Crippen LogP contribution in [0.25, 0.3) is 5.69 Å². The molecule has 0 amide bonds. The van der Waals surface area contributed by atoms with Gasteiger partial charge in [0.2, 0.25) is 0 Å². The first-order chi connectivity index (χ1) is 8.50. The smallest absolute Gasteiger partial charge is 0.337 e. The monoisotopic (exact) mass is 249 g/mol. The first-order valence-electron chi connectivity index (χ1n) is 4.78. The highest BCUT2D eigenvalue weighted by atomic mass is 16.6. The number of rotatable bonds is 3. The van der Waals surface area contributed by atoms with Crippen molar-refractivity contribution in [2.75, 3.05) is 0 Å². The molecule has 0 saturated carbocycles. The maximum atomic E-state index is 11.1. The Balaban J connectivity index is 2.69. The Morgan fingerprint density at radius 2 is 2.22 bits per heavy atom. The summed E-state index contributed by atoms with van der Waals surface area (Å²) in [5.74, 6) is -0.882. The zero-order chi connectivity index (χ0) is 13.3. The Morgan fingerprint density at radius 1 is 1.50 bits per heavy atom. The fourth-order valence-electron chi connectivity index (χ4n) is 1.44. The van der Waals surface area contributed by atoms with Crippen LogP contribution in [-0.4, -0.2) is 36.2 Å². The lowest BCUT2D eigenvalue weighted by atomic mass is 10.1. The molecule has 0 aliphatic heterocycles. The van der Waals surface area contributed by atoms with E-state index >= 15 is 0 Å². The molecule has 0 radical (unpaired) electrons. The normalized spacial score (nSPS) is 10.3. The van der Waals surface area contributed by atoms with Gasteiger partial charge in [-0.15, -0.1) is 5.10 Å². The predicted molar refractivity (Wildman–Crippen MR) is 57.5 cm³/mol. The molecule has 1 aromatic carbocycles. The maximum absolute atomic E-state index is 11.1. The molecular formula is C9H7N5O4. The van der Waals surface area contributed by atoms with Crippen molar-refractivity contribution in [3.63, 3.8) is 0 Å². The van der Waals surface area contributed by atoms with Gasteiger partial charge in [0.05, 0.1) is 16.2 Å². The van der Waals surface area contributed by atoms with E-state index < -0.39 is 10.9 Å². The molecule has 92 valence electrons. The molecule has 9 nitrogen and oxygen atoms in total. The topological polar surface area (TPSA) is 124 Å². The van der Waals surface area contributed by atoms with E-state index in [1.165, 1.54) is 0 Å². The van der Waals surface area contributed by atoms with Crippen LogP contribution < -0.4 is 0 Å². The van der Waals surface area contributed by atoms with Crippen LogP contribution in [0.5, 0.6) is 0 Å². The standard InChI is InChI=1S/C9H7N5O4/c1-5-10-11-12-13(5)8-4-6(14(17)18)2-3-7(8)9(15)16/h2-4H,1H3,(H,15,16). The summed E-state index contributed by atoms with van der Waals surface area (Å²) in [5.41, 5.74) is -0.292. The molecule has 2 rings (SSSR count). The first kappa shape index (κ1) is 11.6. The van der Waals surface area contributed by atoms with E-state index in [-0.39, 0.29) is 16.9 Å². The van der Waals surface area contributed by atoms with Crippen LogP contribution in [0.1, 0.15) is 16.2 Å². The Hall–Kier alpha value is -2.84. The highest BCUT2D eigenvalue weighted by molar-refractivity contribution is 5.92. The minimum Gasteiger partial charge on any atom is -0.478 e. The Kier molecular flexibility index (Phi) is 2.72. The molecule has 2 aromatic rings. The molecule has 0 saturated heterocycles. The van der Waals surface area contributed by atoms with Gasteiger partial charge < -0.3 is 5.11 Å². The summed E-state index contributed by atoms with van der Waals surface area (Å²) < 4.78 is 1.14. The van der Waals surface area contributed by atoms with Crippen LogP contribution in [0.2, 0.25) is 0 Å². The number of carboxylic acid groups (broad SMARTS) is 1. The van der Waals surface area contributed by atoms with Crippen molar-refractivity contribution in [3.8, 4) is 5.69 Å². The van der Waals surface area contributed by atoms with E-state index in [9.17, 15) is 14.9 Å². The highest BCUT2D eigenvalue weighted by Gasteiger charge is 2.18. The van der Waals surface area contributed by atoms with Crippen LogP contribution in [0, 0.1) is 17.0 Å². The zero-order valence-corrected chi connectivity index (χ0v) is 9.14. The number of aromatic carboxylic acids is 1. The van der Waals surface area contributed by atoms with E-state index in [0.29, 0.717) is 5.82 Å². The Morgan fingerprint density at radius 3 is 2.72 bits per heavy atom. The average molecular weight is 249 g/mol. The molecule has 0 bridgehead atoms. The van der Waals surface area contributed by atoms with Crippen molar-refractivity contribution in [1.82, 2.24) is 20.2 Å². The fourth-order valence-corrected chi connectivity index (χ4v) is 1.44. The van der Waals surface area contributed by atoms with Gasteiger partial charge in [-0.2, -0.15) is 4.68 Å². The largest absolute Gasteiger partial charge is 0.478 e. The molecule has 0 atom stereocenters. The lowest BCUT2D eigenvalue weighted by Crippen LogP contribution is -2.08. The average Bonchev–Trinajstić information content (AvgIpc) is 2.74. The van der Waals surface area contributed by atoms with Crippen molar-refractivity contribution >= 4 is 11.7 Å². The van der Waals surface area contributed by atoms with Crippen molar-refractivity contribution in [2.24, 2.45) is 0 Å². The van der Waals surface area contributed by atoms with Gasteiger partial charge in [-0.25, -0.2) is 4.79 Å². The number of benzene rings is 1. The molecule has 0 spiro atoms. The lowest BCUT2D eigenvalue weighted by molar-refractivity contribution is -0.384. The van der Waals surface area contributed by atoms with Crippen molar-refractivity contribution < 1.29 is 14.8 Å². The molecule has 0 aliphatic carbocycles. The summed E-state index contributed by atoms with van der Waals surface area (Å²) in [6.45, 7) is 1.56. The summed E-state index contributed by atoms with van der Waals surface area (Å²) >= 11 is 0. The Bertz CT molecular complexity index is 636. The third-order valence-electron chi connectivity index (χ3n) is 2.28. The molecule has 0 fully saturated rings. The van der Waals surface area contributed by atoms with Crippen LogP contribution >= 0.6 is 0 Å². The van der Waals surface area contributed by atoms with Gasteiger partial charge in [0, 0.05) is 12.1 Å². The number of hydrogen-bond donors (Lipinski definition) is 1. The van der Waals surface area contributed by atoms with E-state index in [1.807, 2.05) is 0 Å². The summed E-state index contributed by atoms with van der Waals surface area (Å²) in [6, 6.07) is 3.39. The molecule has 0 aliphatic rings. The number of tetrazole rings is 1. The molecule has 1 heterocycles. The van der Waals surface area contributed by atoms with Gasteiger partial charge in [0.25, 0.3) is 5.69 Å². The third-order valence-corrected chi connectivity index (χ3v) is 2.28. The van der Waals surface area contributed by atoms with Crippen molar-refractivity contribution in [1.29, 1.82) is 0 Å². The summed E-state index contributed by atoms with van der Waals surface area (Å²) in [7, 11) is 0. The second-order valence-electron chi connectivity index (χ2n) is 3.40. The number of nitrogens with zero attached hydrogens (tertiary/aromatic N) is 5. The predicted octanol–water partition coefficient (Wildman–Crippen LogP) is 0.577. The van der Waals surface area contributed by atoms with Gasteiger partial charge >= 0.3 is 5.97 Å². The molecule has 0 unspecified atom stereocenters. The number of carboxylic acids is 1. The van der Waals surface area contributed by atoms with E-state index in [2.05, 4.69) is 15.5 Å². The fraction of sp³-hybridized carbons (Fsp3) is 0.111. The van der Waals surface area contributed by atoms with Crippen molar-refractivity contribution in [2.45, 2.75) is 6.92 Å². The SMILES string of the molecule is Cc1nnnn1-c1cc([N+](=O)[O-])ccc1C(=O)O. The number of nitro groups is 1. The molecule has 1 aromatic heterocycles. The Labute approximate surface area is 99.8 Å². The summed E-state index contributed by atoms with van der Waals surface area (Å²) in [5, 5.41) is 30.3.